The fraction of sp³-hybridized carbons (Fsp3) is 0.444. The Balaban J connectivity index is 1.68. The third-order valence-corrected chi connectivity index (χ3v) is 5.50. The summed E-state index contributed by atoms with van der Waals surface area (Å²) in [7, 11) is 1.60. The Bertz CT molecular complexity index is 764. The molecule has 1 N–H and O–H groups in total. The van der Waals surface area contributed by atoms with E-state index in [1.807, 2.05) is 18.2 Å². The van der Waals surface area contributed by atoms with Gasteiger partial charge in [-0.15, -0.1) is 5.10 Å². The Morgan fingerprint density at radius 1 is 1.27 bits per heavy atom. The van der Waals surface area contributed by atoms with Crippen LogP contribution in [0.15, 0.2) is 30.3 Å². The van der Waals surface area contributed by atoms with Crippen molar-refractivity contribution in [2.24, 2.45) is 0 Å². The van der Waals surface area contributed by atoms with Gasteiger partial charge in [0.2, 0.25) is 5.91 Å². The molecule has 1 atom stereocenters. The largest absolute Gasteiger partial charge is 0.357 e. The molecule has 1 aliphatic rings. The van der Waals surface area contributed by atoms with Gasteiger partial charge in [0.1, 0.15) is 10.9 Å². The van der Waals surface area contributed by atoms with Gasteiger partial charge < -0.3 is 10.2 Å². The molecule has 2 aromatic rings. The molecular formula is C18H23N5O2S. The van der Waals surface area contributed by atoms with E-state index in [0.717, 1.165) is 31.0 Å². The van der Waals surface area contributed by atoms with Gasteiger partial charge in [-0.2, -0.15) is 0 Å². The number of carbonyl (C=O) groups excluding carboxylic acids is 2. The van der Waals surface area contributed by atoms with Gasteiger partial charge >= 0.3 is 0 Å². The van der Waals surface area contributed by atoms with Crippen molar-refractivity contribution in [3.05, 3.63) is 46.5 Å². The Kier molecular flexibility index (Phi) is 5.95. The van der Waals surface area contributed by atoms with Gasteiger partial charge in [-0.05, 0) is 30.4 Å². The second-order valence-electron chi connectivity index (χ2n) is 6.35. The molecule has 1 saturated heterocycles. The molecule has 3 rings (SSSR count). The first-order valence-electron chi connectivity index (χ1n) is 8.68. The minimum atomic E-state index is -0.501. The van der Waals surface area contributed by atoms with E-state index in [9.17, 15) is 9.59 Å². The van der Waals surface area contributed by atoms with Crippen molar-refractivity contribution >= 4 is 23.3 Å². The molecule has 2 amide bonds. The lowest BCUT2D eigenvalue weighted by atomic mass is 10.1. The molecule has 0 spiro atoms. The number of aromatic nitrogens is 2. The summed E-state index contributed by atoms with van der Waals surface area (Å²) in [6.45, 7) is 4.42. The zero-order chi connectivity index (χ0) is 18.5. The Hall–Kier alpha value is -2.32. The van der Waals surface area contributed by atoms with E-state index < -0.39 is 6.04 Å². The van der Waals surface area contributed by atoms with Crippen LogP contribution in [0.25, 0.3) is 0 Å². The Labute approximate surface area is 157 Å². The van der Waals surface area contributed by atoms with Crippen molar-refractivity contribution in [3.8, 4) is 0 Å². The molecule has 0 bridgehead atoms. The fourth-order valence-corrected chi connectivity index (χ4v) is 3.78. The van der Waals surface area contributed by atoms with Gasteiger partial charge in [-0.25, -0.2) is 0 Å². The van der Waals surface area contributed by atoms with E-state index in [2.05, 4.69) is 31.9 Å². The molecule has 138 valence electrons. The van der Waals surface area contributed by atoms with Crippen molar-refractivity contribution in [1.29, 1.82) is 0 Å². The Morgan fingerprint density at radius 3 is 2.69 bits per heavy atom. The van der Waals surface area contributed by atoms with Crippen LogP contribution >= 0.6 is 11.5 Å². The number of carbonyl (C=O) groups is 2. The number of likely N-dealkylation sites (N-methyl/N-ethyl adjacent to an activating group) is 1. The van der Waals surface area contributed by atoms with Crippen LogP contribution in [0.4, 0.5) is 0 Å². The van der Waals surface area contributed by atoms with E-state index in [1.54, 1.807) is 18.9 Å². The van der Waals surface area contributed by atoms with E-state index in [0.29, 0.717) is 23.7 Å². The average Bonchev–Trinajstić information content (AvgIpc) is 3.11. The van der Waals surface area contributed by atoms with Crippen LogP contribution in [0, 0.1) is 6.92 Å². The highest BCUT2D eigenvalue weighted by molar-refractivity contribution is 7.08. The molecule has 1 aromatic carbocycles. The molecule has 26 heavy (non-hydrogen) atoms. The van der Waals surface area contributed by atoms with Crippen LogP contribution in [0.1, 0.15) is 20.9 Å². The zero-order valence-electron chi connectivity index (χ0n) is 15.0. The quantitative estimate of drug-likeness (QED) is 0.845. The number of nitrogens with one attached hydrogen (secondary N) is 1. The third-order valence-electron chi connectivity index (χ3n) is 4.68. The fourth-order valence-electron chi connectivity index (χ4n) is 3.17. The van der Waals surface area contributed by atoms with E-state index in [4.69, 9.17) is 0 Å². The van der Waals surface area contributed by atoms with Crippen molar-refractivity contribution in [2.45, 2.75) is 19.4 Å². The highest BCUT2D eigenvalue weighted by Gasteiger charge is 2.36. The van der Waals surface area contributed by atoms with E-state index in [-0.39, 0.29) is 11.8 Å². The van der Waals surface area contributed by atoms with Gasteiger partial charge in [0.15, 0.2) is 0 Å². The standard InChI is InChI=1S/C18H23N5O2S/c1-13-16(26-21-20-13)18(25)23-11-10-22(12-15(23)17(24)19-2)9-8-14-6-4-3-5-7-14/h3-7,15H,8-12H2,1-2H3,(H,19,24). The van der Waals surface area contributed by atoms with Crippen molar-refractivity contribution in [3.63, 3.8) is 0 Å². The smallest absolute Gasteiger partial charge is 0.268 e. The number of piperazine rings is 1. The lowest BCUT2D eigenvalue weighted by Gasteiger charge is -2.40. The highest BCUT2D eigenvalue weighted by Crippen LogP contribution is 2.18. The van der Waals surface area contributed by atoms with Gasteiger partial charge in [-0.3, -0.25) is 14.5 Å². The number of nitrogens with zero attached hydrogens (tertiary/aromatic N) is 4. The first-order valence-corrected chi connectivity index (χ1v) is 9.45. The molecule has 1 aromatic heterocycles. The van der Waals surface area contributed by atoms with Crippen molar-refractivity contribution in [2.75, 3.05) is 33.2 Å². The molecule has 8 heteroatoms. The number of amides is 2. The summed E-state index contributed by atoms with van der Waals surface area (Å²) in [5.41, 5.74) is 1.89. The van der Waals surface area contributed by atoms with E-state index >= 15 is 0 Å². The minimum absolute atomic E-state index is 0.141. The topological polar surface area (TPSA) is 78.4 Å². The molecule has 1 aliphatic heterocycles. The summed E-state index contributed by atoms with van der Waals surface area (Å²) in [5, 5.41) is 6.60. The number of rotatable bonds is 5. The van der Waals surface area contributed by atoms with Gasteiger partial charge in [0.25, 0.3) is 5.91 Å². The Morgan fingerprint density at radius 2 is 2.04 bits per heavy atom. The number of benzene rings is 1. The molecule has 0 saturated carbocycles. The van der Waals surface area contributed by atoms with Crippen molar-refractivity contribution in [1.82, 2.24) is 24.7 Å². The summed E-state index contributed by atoms with van der Waals surface area (Å²) in [6.07, 6.45) is 0.924. The first kappa shape index (κ1) is 18.5. The van der Waals surface area contributed by atoms with Crippen LogP contribution in [0.5, 0.6) is 0 Å². The highest BCUT2D eigenvalue weighted by atomic mass is 32.1. The van der Waals surface area contributed by atoms with Crippen LogP contribution in [-0.4, -0.2) is 70.5 Å². The maximum Gasteiger partial charge on any atom is 0.268 e. The first-order chi connectivity index (χ1) is 12.6. The third kappa shape index (κ3) is 4.08. The SMILES string of the molecule is CNC(=O)C1CN(CCc2ccccc2)CCN1C(=O)c1snnc1C. The van der Waals surface area contributed by atoms with Crippen LogP contribution < -0.4 is 5.32 Å². The predicted molar refractivity (Wildman–Crippen MR) is 100 cm³/mol. The summed E-state index contributed by atoms with van der Waals surface area (Å²) in [5.74, 6) is -0.299. The molecule has 7 nitrogen and oxygen atoms in total. The maximum atomic E-state index is 12.9. The lowest BCUT2D eigenvalue weighted by Crippen LogP contribution is -2.60. The summed E-state index contributed by atoms with van der Waals surface area (Å²) in [6, 6.07) is 9.78. The van der Waals surface area contributed by atoms with Gasteiger partial charge in [-0.1, -0.05) is 34.8 Å². The monoisotopic (exact) mass is 373 g/mol. The molecule has 2 heterocycles. The molecular weight excluding hydrogens is 350 g/mol. The summed E-state index contributed by atoms with van der Waals surface area (Å²) in [4.78, 5) is 29.7. The van der Waals surface area contributed by atoms with Gasteiger partial charge in [0.05, 0.1) is 5.69 Å². The summed E-state index contributed by atoms with van der Waals surface area (Å²) >= 11 is 1.08. The normalized spacial score (nSPS) is 17.9. The van der Waals surface area contributed by atoms with Crippen LogP contribution in [0.3, 0.4) is 0 Å². The second-order valence-corrected chi connectivity index (χ2v) is 7.11. The zero-order valence-corrected chi connectivity index (χ0v) is 15.8. The number of hydrogen-bond donors (Lipinski definition) is 1. The number of aryl methyl sites for hydroxylation is 1. The molecule has 0 aliphatic carbocycles. The van der Waals surface area contributed by atoms with E-state index in [1.165, 1.54) is 5.56 Å². The molecule has 0 radical (unpaired) electrons. The minimum Gasteiger partial charge on any atom is -0.357 e. The van der Waals surface area contributed by atoms with Crippen LogP contribution in [-0.2, 0) is 11.2 Å². The van der Waals surface area contributed by atoms with Crippen LogP contribution in [0.2, 0.25) is 0 Å². The number of hydrogen-bond acceptors (Lipinski definition) is 6. The second kappa shape index (κ2) is 8.37. The molecule has 1 fully saturated rings. The summed E-state index contributed by atoms with van der Waals surface area (Å²) < 4.78 is 3.84. The maximum absolute atomic E-state index is 12.9. The average molecular weight is 373 g/mol. The van der Waals surface area contributed by atoms with Gasteiger partial charge in [0, 0.05) is 33.2 Å². The lowest BCUT2D eigenvalue weighted by molar-refractivity contribution is -0.127. The van der Waals surface area contributed by atoms with Crippen molar-refractivity contribution < 1.29 is 9.59 Å². The predicted octanol–water partition coefficient (Wildman–Crippen LogP) is 0.962. The molecule has 1 unspecified atom stereocenters.